The van der Waals surface area contributed by atoms with Gasteiger partial charge in [-0.1, -0.05) is 55.5 Å². The van der Waals surface area contributed by atoms with Gasteiger partial charge in [0.1, 0.15) is 0 Å². The molecule has 0 N–H and O–H groups in total. The van der Waals surface area contributed by atoms with Crippen molar-refractivity contribution in [2.24, 2.45) is 5.92 Å². The fourth-order valence-corrected chi connectivity index (χ4v) is 2.70. The van der Waals surface area contributed by atoms with Crippen LogP contribution in [0.4, 0.5) is 0 Å². The minimum absolute atomic E-state index is 0.384. The first-order chi connectivity index (χ1) is 7.11. The molecule has 2 heteroatoms. The molecule has 1 rings (SSSR count). The third-order valence-corrected chi connectivity index (χ3v) is 4.50. The maximum absolute atomic E-state index is 6.15. The fourth-order valence-electron chi connectivity index (χ4n) is 1.99. The number of hydrogen-bond donors (Lipinski definition) is 0. The minimum atomic E-state index is 0.384. The van der Waals surface area contributed by atoms with Crippen LogP contribution in [0.25, 0.3) is 0 Å². The lowest BCUT2D eigenvalue weighted by atomic mass is 9.98. The zero-order valence-electron chi connectivity index (χ0n) is 10.3. The van der Waals surface area contributed by atoms with Crippen molar-refractivity contribution in [3.8, 4) is 0 Å². The summed E-state index contributed by atoms with van der Waals surface area (Å²) < 4.78 is 6.15. The lowest BCUT2D eigenvalue weighted by Gasteiger charge is -2.29. The van der Waals surface area contributed by atoms with Crippen LogP contribution in [0.1, 0.15) is 59.3 Å². The van der Waals surface area contributed by atoms with E-state index in [1.54, 1.807) is 0 Å². The normalized spacial score (nSPS) is 31.0. The molecule has 0 heterocycles. The van der Waals surface area contributed by atoms with E-state index in [1.807, 2.05) is 0 Å². The van der Waals surface area contributed by atoms with Gasteiger partial charge in [-0.25, -0.2) is 0 Å². The van der Waals surface area contributed by atoms with Crippen molar-refractivity contribution in [1.29, 1.82) is 0 Å². The second kappa shape index (κ2) is 6.90. The van der Waals surface area contributed by atoms with Gasteiger partial charge in [0.15, 0.2) is 0 Å². The smallest absolute Gasteiger partial charge is 0.0703 e. The van der Waals surface area contributed by atoms with E-state index in [2.05, 4.69) is 36.7 Å². The molecule has 3 atom stereocenters. The molecule has 90 valence electrons. The predicted octanol–water partition coefficient (Wildman–Crippen LogP) is 4.53. The van der Waals surface area contributed by atoms with E-state index in [-0.39, 0.29) is 0 Å². The Balaban J connectivity index is 2.41. The Bertz CT molecular complexity index is 170. The highest BCUT2D eigenvalue weighted by Crippen LogP contribution is 2.27. The van der Waals surface area contributed by atoms with Crippen molar-refractivity contribution in [1.82, 2.24) is 0 Å². The molecule has 1 aliphatic carbocycles. The van der Waals surface area contributed by atoms with E-state index in [4.69, 9.17) is 4.74 Å². The quantitative estimate of drug-likeness (QED) is 0.688. The predicted molar refractivity (Wildman–Crippen MR) is 69.6 cm³/mol. The first kappa shape index (κ1) is 13.5. The van der Waals surface area contributed by atoms with Crippen molar-refractivity contribution in [2.45, 2.75) is 76.3 Å². The first-order valence-corrected chi connectivity index (χ1v) is 7.32. The second-order valence-corrected chi connectivity index (χ2v) is 6.31. The largest absolute Gasteiger partial charge is 0.374 e. The summed E-state index contributed by atoms with van der Waals surface area (Å²) in [5.74, 6) is 0.621. The molecule has 1 fully saturated rings. The Morgan fingerprint density at radius 3 is 2.20 bits per heavy atom. The Hall–Kier alpha value is 0.440. The number of halogens is 1. The maximum atomic E-state index is 6.15. The summed E-state index contributed by atoms with van der Waals surface area (Å²) in [5, 5.41) is 0. The first-order valence-electron chi connectivity index (χ1n) is 6.40. The molecule has 0 aromatic rings. The average Bonchev–Trinajstić information content (AvgIpc) is 2.17. The van der Waals surface area contributed by atoms with Crippen LogP contribution >= 0.6 is 15.9 Å². The molecule has 1 aliphatic rings. The van der Waals surface area contributed by atoms with Crippen LogP contribution in [0.15, 0.2) is 0 Å². The molecule has 0 amide bonds. The van der Waals surface area contributed by atoms with Gasteiger partial charge < -0.3 is 4.74 Å². The van der Waals surface area contributed by atoms with Gasteiger partial charge in [0.05, 0.1) is 12.2 Å². The van der Waals surface area contributed by atoms with E-state index in [0.29, 0.717) is 23.0 Å². The zero-order chi connectivity index (χ0) is 11.3. The number of ether oxygens (including phenoxy) is 1. The van der Waals surface area contributed by atoms with Crippen LogP contribution in [-0.4, -0.2) is 17.0 Å². The number of hydrogen-bond acceptors (Lipinski definition) is 1. The van der Waals surface area contributed by atoms with E-state index in [0.717, 1.165) is 0 Å². The van der Waals surface area contributed by atoms with Crippen LogP contribution in [0.3, 0.4) is 0 Å². The molecule has 0 aromatic carbocycles. The summed E-state index contributed by atoms with van der Waals surface area (Å²) in [6.45, 7) is 6.66. The minimum Gasteiger partial charge on any atom is -0.374 e. The molecule has 1 nitrogen and oxygen atoms in total. The highest BCUT2D eigenvalue weighted by Gasteiger charge is 2.23. The van der Waals surface area contributed by atoms with Crippen molar-refractivity contribution >= 4 is 15.9 Å². The molecule has 0 saturated heterocycles. The molecule has 3 unspecified atom stereocenters. The van der Waals surface area contributed by atoms with E-state index >= 15 is 0 Å². The summed E-state index contributed by atoms with van der Waals surface area (Å²) in [5.41, 5.74) is 0. The molecule has 1 saturated carbocycles. The summed E-state index contributed by atoms with van der Waals surface area (Å²) in [6, 6.07) is 0. The molecule has 0 aliphatic heterocycles. The molecule has 15 heavy (non-hydrogen) atoms. The van der Waals surface area contributed by atoms with Crippen molar-refractivity contribution in [3.05, 3.63) is 0 Å². The second-order valence-electron chi connectivity index (χ2n) is 5.13. The molecule has 0 aromatic heterocycles. The Kier molecular flexibility index (Phi) is 6.21. The van der Waals surface area contributed by atoms with Gasteiger partial charge in [-0.05, 0) is 25.7 Å². The summed E-state index contributed by atoms with van der Waals surface area (Å²) >= 11 is 3.79. The Labute approximate surface area is 103 Å². The van der Waals surface area contributed by atoms with Gasteiger partial charge in [-0.15, -0.1) is 0 Å². The highest BCUT2D eigenvalue weighted by molar-refractivity contribution is 9.09. The molecule has 0 radical (unpaired) electrons. The van der Waals surface area contributed by atoms with Gasteiger partial charge in [-0.3, -0.25) is 0 Å². The highest BCUT2D eigenvalue weighted by atomic mass is 79.9. The lowest BCUT2D eigenvalue weighted by Crippen LogP contribution is -2.31. The zero-order valence-corrected chi connectivity index (χ0v) is 11.9. The number of rotatable bonds is 3. The lowest BCUT2D eigenvalue weighted by molar-refractivity contribution is -0.0321. The van der Waals surface area contributed by atoms with Crippen molar-refractivity contribution in [2.75, 3.05) is 0 Å². The van der Waals surface area contributed by atoms with Gasteiger partial charge >= 0.3 is 0 Å². The van der Waals surface area contributed by atoms with E-state index < -0.39 is 0 Å². The molecular formula is C13H25BrO. The third kappa shape index (κ3) is 4.86. The summed E-state index contributed by atoms with van der Waals surface area (Å²) in [4.78, 5) is 0.569. The van der Waals surface area contributed by atoms with Crippen molar-refractivity contribution < 1.29 is 4.74 Å². The van der Waals surface area contributed by atoms with Crippen LogP contribution in [0.5, 0.6) is 0 Å². The monoisotopic (exact) mass is 276 g/mol. The Morgan fingerprint density at radius 1 is 1.00 bits per heavy atom. The molecule has 0 bridgehead atoms. The standard InChI is InChI=1S/C13H25BrO/c1-10(2)11(3)15-13-9-7-5-4-6-8-12(13)14/h10-13H,4-9H2,1-3H3. The third-order valence-electron chi connectivity index (χ3n) is 3.45. The summed E-state index contributed by atoms with van der Waals surface area (Å²) in [7, 11) is 0. The maximum Gasteiger partial charge on any atom is 0.0703 e. The molecular weight excluding hydrogens is 252 g/mol. The SMILES string of the molecule is CC(C)C(C)OC1CCCCCCC1Br. The fraction of sp³-hybridized carbons (Fsp3) is 1.00. The molecule has 0 spiro atoms. The van der Waals surface area contributed by atoms with Crippen LogP contribution in [0.2, 0.25) is 0 Å². The van der Waals surface area contributed by atoms with Crippen molar-refractivity contribution in [3.63, 3.8) is 0 Å². The van der Waals surface area contributed by atoms with E-state index in [1.165, 1.54) is 38.5 Å². The Morgan fingerprint density at radius 2 is 1.60 bits per heavy atom. The van der Waals surface area contributed by atoms with Crippen LogP contribution in [-0.2, 0) is 4.74 Å². The topological polar surface area (TPSA) is 9.23 Å². The average molecular weight is 277 g/mol. The van der Waals surface area contributed by atoms with E-state index in [9.17, 15) is 0 Å². The van der Waals surface area contributed by atoms with Gasteiger partial charge in [-0.2, -0.15) is 0 Å². The number of alkyl halides is 1. The van der Waals surface area contributed by atoms with Crippen LogP contribution in [0, 0.1) is 5.92 Å². The van der Waals surface area contributed by atoms with Gasteiger partial charge in [0, 0.05) is 4.83 Å². The van der Waals surface area contributed by atoms with Crippen LogP contribution < -0.4 is 0 Å². The van der Waals surface area contributed by atoms with Gasteiger partial charge in [0.2, 0.25) is 0 Å². The van der Waals surface area contributed by atoms with Gasteiger partial charge in [0.25, 0.3) is 0 Å². The summed E-state index contributed by atoms with van der Waals surface area (Å²) in [6.07, 6.45) is 8.79.